The van der Waals surface area contributed by atoms with Crippen molar-refractivity contribution in [2.24, 2.45) is 23.1 Å². The highest BCUT2D eigenvalue weighted by Crippen LogP contribution is 2.02. The lowest BCUT2D eigenvalue weighted by atomic mass is 10.2. The van der Waals surface area contributed by atoms with Crippen molar-refractivity contribution >= 4 is 0 Å². The SMILES string of the molecule is NCCCOCC(COCCCN)COCCCN. The van der Waals surface area contributed by atoms with Gasteiger partial charge in [-0.2, -0.15) is 0 Å². The van der Waals surface area contributed by atoms with Crippen molar-refractivity contribution in [1.29, 1.82) is 0 Å². The first-order chi connectivity index (χ1) is 9.35. The van der Waals surface area contributed by atoms with Crippen molar-refractivity contribution in [3.8, 4) is 0 Å². The molecule has 116 valence electrons. The van der Waals surface area contributed by atoms with E-state index in [2.05, 4.69) is 0 Å². The Kier molecular flexibility index (Phi) is 15.6. The predicted octanol–water partition coefficient (Wildman–Crippen LogP) is -0.301. The van der Waals surface area contributed by atoms with Gasteiger partial charge >= 0.3 is 0 Å². The van der Waals surface area contributed by atoms with Gasteiger partial charge < -0.3 is 31.4 Å². The van der Waals surface area contributed by atoms with Crippen LogP contribution in [0.4, 0.5) is 0 Å². The topological polar surface area (TPSA) is 106 Å². The van der Waals surface area contributed by atoms with Crippen LogP contribution in [0.25, 0.3) is 0 Å². The maximum absolute atomic E-state index is 5.56. The highest BCUT2D eigenvalue weighted by molar-refractivity contribution is 4.57. The molecule has 0 spiro atoms. The van der Waals surface area contributed by atoms with Crippen LogP contribution in [-0.2, 0) is 14.2 Å². The number of hydrogen-bond donors (Lipinski definition) is 3. The quantitative estimate of drug-likeness (QED) is 0.355. The van der Waals surface area contributed by atoms with Gasteiger partial charge in [0.15, 0.2) is 0 Å². The standard InChI is InChI=1S/C13H31N3O3/c14-4-1-7-17-10-13(11-18-8-2-5-15)12-19-9-3-6-16/h13H,1-12,14-16H2. The summed E-state index contributed by atoms with van der Waals surface area (Å²) in [4.78, 5) is 0. The monoisotopic (exact) mass is 277 g/mol. The molecule has 0 atom stereocenters. The summed E-state index contributed by atoms with van der Waals surface area (Å²) in [5.41, 5.74) is 16.3. The molecule has 19 heavy (non-hydrogen) atoms. The molecule has 6 N–H and O–H groups in total. The van der Waals surface area contributed by atoms with Crippen molar-refractivity contribution in [2.75, 3.05) is 59.3 Å². The van der Waals surface area contributed by atoms with Crippen LogP contribution in [0.5, 0.6) is 0 Å². The first kappa shape index (κ1) is 18.8. The van der Waals surface area contributed by atoms with Crippen LogP contribution in [0.3, 0.4) is 0 Å². The van der Waals surface area contributed by atoms with Crippen molar-refractivity contribution in [3.63, 3.8) is 0 Å². The Labute approximate surface area is 116 Å². The maximum atomic E-state index is 5.56. The predicted molar refractivity (Wildman–Crippen MR) is 77.0 cm³/mol. The normalized spacial score (nSPS) is 11.4. The summed E-state index contributed by atoms with van der Waals surface area (Å²) in [7, 11) is 0. The summed E-state index contributed by atoms with van der Waals surface area (Å²) in [6, 6.07) is 0. The zero-order valence-electron chi connectivity index (χ0n) is 12.0. The zero-order chi connectivity index (χ0) is 14.2. The summed E-state index contributed by atoms with van der Waals surface area (Å²) >= 11 is 0. The molecule has 6 heteroatoms. The molecule has 0 aromatic carbocycles. The van der Waals surface area contributed by atoms with E-state index in [1.165, 1.54) is 0 Å². The highest BCUT2D eigenvalue weighted by Gasteiger charge is 2.10. The Morgan fingerprint density at radius 2 is 0.895 bits per heavy atom. The van der Waals surface area contributed by atoms with Crippen LogP contribution >= 0.6 is 0 Å². The highest BCUT2D eigenvalue weighted by atomic mass is 16.5. The summed E-state index contributed by atoms with van der Waals surface area (Å²) < 4.78 is 16.7. The molecule has 0 heterocycles. The Bertz CT molecular complexity index is 145. The van der Waals surface area contributed by atoms with Crippen LogP contribution < -0.4 is 17.2 Å². The third-order valence-corrected chi connectivity index (χ3v) is 2.54. The van der Waals surface area contributed by atoms with Crippen LogP contribution in [0.2, 0.25) is 0 Å². The fourth-order valence-electron chi connectivity index (χ4n) is 1.45. The molecule has 0 aliphatic carbocycles. The second-order valence-corrected chi connectivity index (χ2v) is 4.52. The van der Waals surface area contributed by atoms with Gasteiger partial charge in [0.05, 0.1) is 19.8 Å². The molecule has 0 saturated carbocycles. The van der Waals surface area contributed by atoms with Crippen LogP contribution in [0, 0.1) is 5.92 Å². The zero-order valence-corrected chi connectivity index (χ0v) is 12.0. The molecule has 0 aliphatic rings. The number of hydrogen-bond acceptors (Lipinski definition) is 6. The smallest absolute Gasteiger partial charge is 0.0538 e. The molecule has 0 aromatic rings. The van der Waals surface area contributed by atoms with E-state index in [9.17, 15) is 0 Å². The largest absolute Gasteiger partial charge is 0.381 e. The minimum Gasteiger partial charge on any atom is -0.381 e. The fourth-order valence-corrected chi connectivity index (χ4v) is 1.45. The van der Waals surface area contributed by atoms with Gasteiger partial charge in [-0.05, 0) is 38.9 Å². The van der Waals surface area contributed by atoms with E-state index in [0.29, 0.717) is 59.3 Å². The minimum atomic E-state index is 0.258. The van der Waals surface area contributed by atoms with Gasteiger partial charge in [-0.1, -0.05) is 0 Å². The Morgan fingerprint density at radius 3 is 1.16 bits per heavy atom. The van der Waals surface area contributed by atoms with E-state index >= 15 is 0 Å². The van der Waals surface area contributed by atoms with Gasteiger partial charge in [-0.3, -0.25) is 0 Å². The molecule has 0 rings (SSSR count). The molecular weight excluding hydrogens is 246 g/mol. The molecule has 0 aliphatic heterocycles. The average molecular weight is 277 g/mol. The lowest BCUT2D eigenvalue weighted by Crippen LogP contribution is -2.23. The van der Waals surface area contributed by atoms with Crippen LogP contribution in [0.1, 0.15) is 19.3 Å². The number of ether oxygens (including phenoxy) is 3. The maximum Gasteiger partial charge on any atom is 0.0538 e. The Morgan fingerprint density at radius 1 is 0.579 bits per heavy atom. The molecule has 0 amide bonds. The van der Waals surface area contributed by atoms with E-state index in [1.807, 2.05) is 0 Å². The van der Waals surface area contributed by atoms with Crippen molar-refractivity contribution < 1.29 is 14.2 Å². The molecule has 0 saturated heterocycles. The second-order valence-electron chi connectivity index (χ2n) is 4.52. The van der Waals surface area contributed by atoms with Gasteiger partial charge in [0.2, 0.25) is 0 Å². The van der Waals surface area contributed by atoms with Crippen molar-refractivity contribution in [3.05, 3.63) is 0 Å². The van der Waals surface area contributed by atoms with E-state index in [4.69, 9.17) is 31.4 Å². The van der Waals surface area contributed by atoms with Gasteiger partial charge in [0.25, 0.3) is 0 Å². The van der Waals surface area contributed by atoms with Crippen LogP contribution in [-0.4, -0.2) is 59.3 Å². The molecule has 0 aromatic heterocycles. The van der Waals surface area contributed by atoms with E-state index in [0.717, 1.165) is 19.3 Å². The van der Waals surface area contributed by atoms with Gasteiger partial charge in [0.1, 0.15) is 0 Å². The first-order valence-corrected chi connectivity index (χ1v) is 7.18. The van der Waals surface area contributed by atoms with E-state index in [-0.39, 0.29) is 5.92 Å². The van der Waals surface area contributed by atoms with Gasteiger partial charge in [-0.25, -0.2) is 0 Å². The summed E-state index contributed by atoms with van der Waals surface area (Å²) in [5.74, 6) is 0.258. The van der Waals surface area contributed by atoms with Gasteiger partial charge in [-0.15, -0.1) is 0 Å². The number of nitrogens with two attached hydrogens (primary N) is 3. The number of rotatable bonds is 15. The minimum absolute atomic E-state index is 0.258. The lowest BCUT2D eigenvalue weighted by Gasteiger charge is -2.17. The Balaban J connectivity index is 3.66. The Hall–Kier alpha value is -0.240. The summed E-state index contributed by atoms with van der Waals surface area (Å²) in [6.07, 6.45) is 2.65. The van der Waals surface area contributed by atoms with E-state index < -0.39 is 0 Å². The summed E-state index contributed by atoms with van der Waals surface area (Å²) in [5, 5.41) is 0. The molecule has 6 nitrogen and oxygen atoms in total. The van der Waals surface area contributed by atoms with Crippen molar-refractivity contribution in [1.82, 2.24) is 0 Å². The third-order valence-electron chi connectivity index (χ3n) is 2.54. The summed E-state index contributed by atoms with van der Waals surface area (Å²) in [6.45, 7) is 5.98. The average Bonchev–Trinajstić information content (AvgIpc) is 2.43. The molecule has 0 radical (unpaired) electrons. The molecule has 0 fully saturated rings. The van der Waals surface area contributed by atoms with E-state index in [1.54, 1.807) is 0 Å². The van der Waals surface area contributed by atoms with Gasteiger partial charge in [0, 0.05) is 25.7 Å². The molecular formula is C13H31N3O3. The fraction of sp³-hybridized carbons (Fsp3) is 1.00. The molecule has 0 unspecified atom stereocenters. The lowest BCUT2D eigenvalue weighted by molar-refractivity contribution is -0.00608. The third kappa shape index (κ3) is 14.0. The second kappa shape index (κ2) is 15.8. The first-order valence-electron chi connectivity index (χ1n) is 7.18. The van der Waals surface area contributed by atoms with Crippen LogP contribution in [0.15, 0.2) is 0 Å². The van der Waals surface area contributed by atoms with Crippen molar-refractivity contribution in [2.45, 2.75) is 19.3 Å². The molecule has 0 bridgehead atoms.